The molecule has 24 heavy (non-hydrogen) atoms. The van der Waals surface area contributed by atoms with Crippen molar-refractivity contribution in [2.75, 3.05) is 6.61 Å². The molecular weight excluding hydrogens is 370 g/mol. The summed E-state index contributed by atoms with van der Waals surface area (Å²) in [4.78, 5) is 23.3. The highest BCUT2D eigenvalue weighted by Crippen LogP contribution is 2.11. The second-order valence-corrected chi connectivity index (χ2v) is 6.17. The van der Waals surface area contributed by atoms with Gasteiger partial charge in [-0.1, -0.05) is 57.9 Å². The zero-order chi connectivity index (χ0) is 17.4. The molecule has 0 spiro atoms. The Balaban J connectivity index is 1.71. The quantitative estimate of drug-likeness (QED) is 0.608. The van der Waals surface area contributed by atoms with E-state index < -0.39 is 5.97 Å². The summed E-state index contributed by atoms with van der Waals surface area (Å²) >= 11 is 3.34. The Labute approximate surface area is 149 Å². The van der Waals surface area contributed by atoms with E-state index >= 15 is 0 Å². The molecule has 1 amide bonds. The number of hydrogen-bond donors (Lipinski definition) is 1. The second kappa shape index (κ2) is 9.03. The molecule has 0 unspecified atom stereocenters. The third kappa shape index (κ3) is 6.38. The SMILES string of the molecule is Cc1ccc(CNC(=O)COC(=O)/C=C/c2ccc(Br)cc2)cc1. The highest BCUT2D eigenvalue weighted by Gasteiger charge is 2.05. The number of ether oxygens (including phenoxy) is 1. The van der Waals surface area contributed by atoms with Crippen LogP contribution in [0.5, 0.6) is 0 Å². The van der Waals surface area contributed by atoms with Gasteiger partial charge in [0.2, 0.25) is 0 Å². The Morgan fingerprint density at radius 1 is 1.08 bits per heavy atom. The van der Waals surface area contributed by atoms with Gasteiger partial charge in [-0.2, -0.15) is 0 Å². The first kappa shape index (κ1) is 17.9. The average molecular weight is 388 g/mol. The van der Waals surface area contributed by atoms with Crippen LogP contribution >= 0.6 is 15.9 Å². The standard InChI is InChI=1S/C19H18BrNO3/c1-14-2-4-16(5-3-14)12-21-18(22)13-24-19(23)11-8-15-6-9-17(20)10-7-15/h2-11H,12-13H2,1H3,(H,21,22)/b11-8+. The lowest BCUT2D eigenvalue weighted by Crippen LogP contribution is -2.28. The summed E-state index contributed by atoms with van der Waals surface area (Å²) < 4.78 is 5.88. The number of nitrogens with one attached hydrogen (secondary N) is 1. The molecule has 0 bridgehead atoms. The Morgan fingerprint density at radius 3 is 2.42 bits per heavy atom. The summed E-state index contributed by atoms with van der Waals surface area (Å²) in [5, 5.41) is 2.71. The predicted octanol–water partition coefficient (Wildman–Crippen LogP) is 3.63. The van der Waals surface area contributed by atoms with Crippen molar-refractivity contribution in [2.45, 2.75) is 13.5 Å². The highest BCUT2D eigenvalue weighted by atomic mass is 79.9. The number of halogens is 1. The maximum atomic E-state index is 11.7. The van der Waals surface area contributed by atoms with E-state index in [1.165, 1.54) is 6.08 Å². The van der Waals surface area contributed by atoms with Gasteiger partial charge in [-0.15, -0.1) is 0 Å². The number of benzene rings is 2. The Hall–Kier alpha value is -2.40. The zero-order valence-electron chi connectivity index (χ0n) is 13.3. The van der Waals surface area contributed by atoms with Crippen LogP contribution in [0.1, 0.15) is 16.7 Å². The lowest BCUT2D eigenvalue weighted by molar-refractivity contribution is -0.143. The minimum absolute atomic E-state index is 0.296. The summed E-state index contributed by atoms with van der Waals surface area (Å²) in [6.07, 6.45) is 2.94. The van der Waals surface area contributed by atoms with Crippen molar-refractivity contribution in [3.05, 3.63) is 75.8 Å². The van der Waals surface area contributed by atoms with Crippen molar-refractivity contribution in [3.63, 3.8) is 0 Å². The van der Waals surface area contributed by atoms with Crippen LogP contribution in [0.4, 0.5) is 0 Å². The van der Waals surface area contributed by atoms with E-state index in [-0.39, 0.29) is 12.5 Å². The van der Waals surface area contributed by atoms with E-state index in [2.05, 4.69) is 21.2 Å². The van der Waals surface area contributed by atoms with Crippen LogP contribution in [0.3, 0.4) is 0 Å². The van der Waals surface area contributed by atoms with E-state index in [1.807, 2.05) is 55.5 Å². The van der Waals surface area contributed by atoms with Crippen LogP contribution in [-0.4, -0.2) is 18.5 Å². The minimum atomic E-state index is -0.552. The van der Waals surface area contributed by atoms with E-state index in [1.54, 1.807) is 6.08 Å². The first-order valence-corrected chi connectivity index (χ1v) is 8.25. The maximum Gasteiger partial charge on any atom is 0.331 e. The molecular formula is C19H18BrNO3. The second-order valence-electron chi connectivity index (χ2n) is 5.25. The average Bonchev–Trinajstić information content (AvgIpc) is 2.59. The van der Waals surface area contributed by atoms with Crippen molar-refractivity contribution in [1.29, 1.82) is 0 Å². The van der Waals surface area contributed by atoms with Crippen LogP contribution in [0, 0.1) is 6.92 Å². The minimum Gasteiger partial charge on any atom is -0.452 e. The number of amides is 1. The number of carbonyl (C=O) groups excluding carboxylic acids is 2. The fourth-order valence-electron chi connectivity index (χ4n) is 1.88. The monoisotopic (exact) mass is 387 g/mol. The summed E-state index contributed by atoms with van der Waals surface area (Å²) in [6.45, 7) is 2.12. The van der Waals surface area contributed by atoms with Crippen LogP contribution < -0.4 is 5.32 Å². The molecule has 0 fully saturated rings. The third-order valence-electron chi connectivity index (χ3n) is 3.24. The van der Waals surface area contributed by atoms with Crippen molar-refractivity contribution in [3.8, 4) is 0 Å². The van der Waals surface area contributed by atoms with Crippen molar-refractivity contribution in [2.24, 2.45) is 0 Å². The molecule has 0 aliphatic rings. The van der Waals surface area contributed by atoms with E-state index in [9.17, 15) is 9.59 Å². The molecule has 0 aliphatic heterocycles. The highest BCUT2D eigenvalue weighted by molar-refractivity contribution is 9.10. The first-order chi connectivity index (χ1) is 11.5. The molecule has 0 saturated heterocycles. The first-order valence-electron chi connectivity index (χ1n) is 7.45. The van der Waals surface area contributed by atoms with Gasteiger partial charge in [-0.25, -0.2) is 4.79 Å². The topological polar surface area (TPSA) is 55.4 Å². The van der Waals surface area contributed by atoms with Crippen molar-refractivity contribution in [1.82, 2.24) is 5.32 Å². The summed E-state index contributed by atoms with van der Waals surface area (Å²) in [5.74, 6) is -0.885. The zero-order valence-corrected chi connectivity index (χ0v) is 14.9. The number of carbonyl (C=O) groups is 2. The van der Waals surface area contributed by atoms with Gasteiger partial charge >= 0.3 is 5.97 Å². The van der Waals surface area contributed by atoms with E-state index in [0.29, 0.717) is 6.54 Å². The molecule has 0 aromatic heterocycles. The van der Waals surface area contributed by atoms with E-state index in [0.717, 1.165) is 21.2 Å². The maximum absolute atomic E-state index is 11.7. The number of aryl methyl sites for hydroxylation is 1. The smallest absolute Gasteiger partial charge is 0.331 e. The molecule has 2 aromatic carbocycles. The number of esters is 1. The molecule has 1 N–H and O–H groups in total. The Bertz CT molecular complexity index is 721. The van der Waals surface area contributed by atoms with Crippen LogP contribution in [0.15, 0.2) is 59.1 Å². The fourth-order valence-corrected chi connectivity index (χ4v) is 2.14. The molecule has 0 radical (unpaired) electrons. The van der Waals surface area contributed by atoms with Crippen molar-refractivity contribution < 1.29 is 14.3 Å². The molecule has 5 heteroatoms. The number of hydrogen-bond acceptors (Lipinski definition) is 3. The summed E-state index contributed by atoms with van der Waals surface area (Å²) in [6, 6.07) is 15.3. The number of rotatable bonds is 6. The van der Waals surface area contributed by atoms with Crippen LogP contribution in [-0.2, 0) is 20.9 Å². The van der Waals surface area contributed by atoms with Gasteiger partial charge in [0.25, 0.3) is 5.91 Å². The molecule has 0 saturated carbocycles. The molecule has 0 aliphatic carbocycles. The lowest BCUT2D eigenvalue weighted by Gasteiger charge is -2.06. The van der Waals surface area contributed by atoms with Gasteiger partial charge in [0.1, 0.15) is 0 Å². The summed E-state index contributed by atoms with van der Waals surface area (Å²) in [5.41, 5.74) is 3.03. The molecule has 0 heterocycles. The lowest BCUT2D eigenvalue weighted by atomic mass is 10.1. The van der Waals surface area contributed by atoms with Gasteiger partial charge in [0.05, 0.1) is 0 Å². The molecule has 124 valence electrons. The largest absolute Gasteiger partial charge is 0.452 e. The van der Waals surface area contributed by atoms with E-state index in [4.69, 9.17) is 4.74 Å². The third-order valence-corrected chi connectivity index (χ3v) is 3.77. The Kier molecular flexibility index (Phi) is 6.75. The molecule has 0 atom stereocenters. The fraction of sp³-hybridized carbons (Fsp3) is 0.158. The molecule has 2 aromatic rings. The van der Waals surface area contributed by atoms with Gasteiger partial charge in [-0.3, -0.25) is 4.79 Å². The van der Waals surface area contributed by atoms with Gasteiger partial charge in [0.15, 0.2) is 6.61 Å². The molecule has 4 nitrogen and oxygen atoms in total. The summed E-state index contributed by atoms with van der Waals surface area (Å²) in [7, 11) is 0. The molecule has 2 rings (SSSR count). The van der Waals surface area contributed by atoms with Gasteiger partial charge in [-0.05, 0) is 36.3 Å². The normalized spacial score (nSPS) is 10.6. The van der Waals surface area contributed by atoms with Gasteiger partial charge < -0.3 is 10.1 Å². The predicted molar refractivity (Wildman–Crippen MR) is 97.2 cm³/mol. The Morgan fingerprint density at radius 2 is 1.75 bits per heavy atom. The van der Waals surface area contributed by atoms with Gasteiger partial charge in [0, 0.05) is 17.1 Å². The van der Waals surface area contributed by atoms with Crippen LogP contribution in [0.2, 0.25) is 0 Å². The van der Waals surface area contributed by atoms with Crippen molar-refractivity contribution >= 4 is 33.9 Å². The van der Waals surface area contributed by atoms with Crippen LogP contribution in [0.25, 0.3) is 6.08 Å².